The Balaban J connectivity index is 4.95. The Kier molecular flexibility index (Phi) is 8.01. The van der Waals surface area contributed by atoms with E-state index in [1.165, 1.54) is 28.4 Å². The number of methoxy groups -OCH3 is 4. The Labute approximate surface area is 101 Å². The van der Waals surface area contributed by atoms with Crippen LogP contribution in [0.25, 0.3) is 0 Å². The molecule has 0 aliphatic rings. The highest BCUT2D eigenvalue weighted by Gasteiger charge is 2.39. The van der Waals surface area contributed by atoms with Crippen LogP contribution in [-0.2, 0) is 23.7 Å². The quantitative estimate of drug-likeness (QED) is 0.547. The van der Waals surface area contributed by atoms with E-state index in [2.05, 4.69) is 0 Å². The first kappa shape index (κ1) is 16.3. The maximum Gasteiger partial charge on any atom is 0.335 e. The highest BCUT2D eigenvalue weighted by atomic mass is 16.6. The summed E-state index contributed by atoms with van der Waals surface area (Å²) in [5, 5.41) is 9.01. The van der Waals surface area contributed by atoms with Gasteiger partial charge in [-0.15, -0.1) is 0 Å². The second-order valence-corrected chi connectivity index (χ2v) is 3.41. The van der Waals surface area contributed by atoms with Crippen LogP contribution in [0, 0.1) is 0 Å². The van der Waals surface area contributed by atoms with Crippen LogP contribution < -0.4 is 5.73 Å². The molecule has 0 heterocycles. The molecule has 7 nitrogen and oxygen atoms in total. The highest BCUT2D eigenvalue weighted by Crippen LogP contribution is 2.15. The van der Waals surface area contributed by atoms with Gasteiger partial charge < -0.3 is 29.8 Å². The number of carbonyl (C=O) groups is 1. The Morgan fingerprint density at radius 2 is 1.59 bits per heavy atom. The van der Waals surface area contributed by atoms with Crippen LogP contribution in [0.1, 0.15) is 0 Å². The molecular formula is C10H21NO6. The average Bonchev–Trinajstić information content (AvgIpc) is 2.33. The number of rotatable bonds is 9. The lowest BCUT2D eigenvalue weighted by atomic mass is 10.0. The number of hydrogen-bond acceptors (Lipinski definition) is 6. The van der Waals surface area contributed by atoms with E-state index < -0.39 is 30.4 Å². The molecule has 0 aromatic heterocycles. The first-order valence-electron chi connectivity index (χ1n) is 5.11. The molecule has 0 unspecified atom stereocenters. The largest absolute Gasteiger partial charge is 0.479 e. The van der Waals surface area contributed by atoms with Crippen molar-refractivity contribution in [1.29, 1.82) is 0 Å². The van der Waals surface area contributed by atoms with Gasteiger partial charge in [0.25, 0.3) is 0 Å². The fourth-order valence-electron chi connectivity index (χ4n) is 1.67. The summed E-state index contributed by atoms with van der Waals surface area (Å²) in [6.45, 7) is 0.185. The molecule has 0 amide bonds. The summed E-state index contributed by atoms with van der Waals surface area (Å²) in [7, 11) is 5.59. The Bertz CT molecular complexity index is 221. The van der Waals surface area contributed by atoms with Crippen molar-refractivity contribution < 1.29 is 28.8 Å². The molecule has 0 bridgehead atoms. The van der Waals surface area contributed by atoms with Gasteiger partial charge in [0.05, 0.1) is 6.10 Å². The molecule has 0 aliphatic carbocycles. The summed E-state index contributed by atoms with van der Waals surface area (Å²) in [5.41, 5.74) is 5.52. The van der Waals surface area contributed by atoms with Crippen molar-refractivity contribution in [3.05, 3.63) is 0 Å². The molecule has 0 saturated heterocycles. The predicted octanol–water partition coefficient (Wildman–Crippen LogP) is -0.910. The van der Waals surface area contributed by atoms with E-state index in [9.17, 15) is 4.79 Å². The molecule has 0 spiro atoms. The minimum Gasteiger partial charge on any atom is -0.479 e. The number of hydrogen-bond donors (Lipinski definition) is 2. The predicted molar refractivity (Wildman–Crippen MR) is 59.9 cm³/mol. The molecule has 0 aliphatic heterocycles. The molecule has 17 heavy (non-hydrogen) atoms. The lowest BCUT2D eigenvalue weighted by Gasteiger charge is -2.32. The third-order valence-electron chi connectivity index (χ3n) is 2.57. The standard InChI is InChI=1S/C10H21NO6/c1-14-6(5-11)7(15-2)8(16-3)9(17-4)10(12)13/h6-9H,5,11H2,1-4H3,(H,12,13)/t6-,7+,8+,9-/m0/s1. The molecule has 0 rings (SSSR count). The minimum atomic E-state index is -1.14. The third kappa shape index (κ3) is 4.21. The van der Waals surface area contributed by atoms with Crippen LogP contribution in [0.3, 0.4) is 0 Å². The van der Waals surface area contributed by atoms with Crippen molar-refractivity contribution >= 4 is 5.97 Å². The van der Waals surface area contributed by atoms with Gasteiger partial charge >= 0.3 is 5.97 Å². The average molecular weight is 251 g/mol. The summed E-state index contributed by atoms with van der Waals surface area (Å²) in [4.78, 5) is 11.0. The maximum absolute atomic E-state index is 11.0. The number of carboxylic acid groups (broad SMARTS) is 1. The smallest absolute Gasteiger partial charge is 0.335 e. The van der Waals surface area contributed by atoms with Crippen LogP contribution >= 0.6 is 0 Å². The van der Waals surface area contributed by atoms with E-state index in [1.54, 1.807) is 0 Å². The molecule has 0 aromatic carbocycles. The van der Waals surface area contributed by atoms with Gasteiger partial charge in [-0.1, -0.05) is 0 Å². The lowest BCUT2D eigenvalue weighted by molar-refractivity contribution is -0.176. The third-order valence-corrected chi connectivity index (χ3v) is 2.57. The molecule has 4 atom stereocenters. The SMILES string of the molecule is CO[C@H]([C@H](OC)[C@H](CN)OC)[C@H](OC)C(=O)O. The van der Waals surface area contributed by atoms with E-state index >= 15 is 0 Å². The molecule has 7 heteroatoms. The van der Waals surface area contributed by atoms with E-state index in [0.29, 0.717) is 0 Å². The molecule has 0 fully saturated rings. The highest BCUT2D eigenvalue weighted by molar-refractivity contribution is 5.73. The summed E-state index contributed by atoms with van der Waals surface area (Å²) < 4.78 is 20.4. The molecule has 0 saturated carbocycles. The Morgan fingerprint density at radius 3 is 1.82 bits per heavy atom. The molecular weight excluding hydrogens is 230 g/mol. The first-order chi connectivity index (χ1) is 8.06. The Hall–Kier alpha value is -0.730. The van der Waals surface area contributed by atoms with Crippen LogP contribution in [0.5, 0.6) is 0 Å². The van der Waals surface area contributed by atoms with Crippen molar-refractivity contribution in [3.8, 4) is 0 Å². The second-order valence-electron chi connectivity index (χ2n) is 3.41. The second kappa shape index (κ2) is 8.37. The van der Waals surface area contributed by atoms with Crippen molar-refractivity contribution in [2.24, 2.45) is 5.73 Å². The van der Waals surface area contributed by atoms with Crippen molar-refractivity contribution in [2.75, 3.05) is 35.0 Å². The van der Waals surface area contributed by atoms with Crippen molar-refractivity contribution in [1.82, 2.24) is 0 Å². The molecule has 0 aromatic rings. The normalized spacial score (nSPS) is 18.4. The molecule has 102 valence electrons. The zero-order valence-corrected chi connectivity index (χ0v) is 10.6. The fraction of sp³-hybridized carbons (Fsp3) is 0.900. The van der Waals surface area contributed by atoms with E-state index in [4.69, 9.17) is 29.8 Å². The van der Waals surface area contributed by atoms with Crippen molar-refractivity contribution in [2.45, 2.75) is 24.4 Å². The maximum atomic E-state index is 11.0. The van der Waals surface area contributed by atoms with Gasteiger partial charge in [0, 0.05) is 35.0 Å². The monoisotopic (exact) mass is 251 g/mol. The zero-order chi connectivity index (χ0) is 13.4. The minimum absolute atomic E-state index is 0.185. The summed E-state index contributed by atoms with van der Waals surface area (Å²) in [6, 6.07) is 0. The van der Waals surface area contributed by atoms with Gasteiger partial charge in [-0.05, 0) is 0 Å². The van der Waals surface area contributed by atoms with Crippen molar-refractivity contribution in [3.63, 3.8) is 0 Å². The topological polar surface area (TPSA) is 100 Å². The van der Waals surface area contributed by atoms with Crippen LogP contribution in [0.4, 0.5) is 0 Å². The number of carboxylic acids is 1. The van der Waals surface area contributed by atoms with Gasteiger partial charge in [0.15, 0.2) is 6.10 Å². The molecule has 0 radical (unpaired) electrons. The van der Waals surface area contributed by atoms with Gasteiger partial charge in [0.2, 0.25) is 0 Å². The zero-order valence-electron chi connectivity index (χ0n) is 10.6. The number of nitrogens with two attached hydrogens (primary N) is 1. The van der Waals surface area contributed by atoms with E-state index in [-0.39, 0.29) is 6.54 Å². The Morgan fingerprint density at radius 1 is 1.06 bits per heavy atom. The van der Waals surface area contributed by atoms with Crippen LogP contribution in [0.2, 0.25) is 0 Å². The van der Waals surface area contributed by atoms with E-state index in [0.717, 1.165) is 0 Å². The van der Waals surface area contributed by atoms with Crippen LogP contribution in [0.15, 0.2) is 0 Å². The van der Waals surface area contributed by atoms with Gasteiger partial charge in [-0.25, -0.2) is 4.79 Å². The summed E-state index contributed by atoms with van der Waals surface area (Å²) in [5.74, 6) is -1.13. The fourth-order valence-corrected chi connectivity index (χ4v) is 1.67. The van der Waals surface area contributed by atoms with E-state index in [1.807, 2.05) is 0 Å². The van der Waals surface area contributed by atoms with Gasteiger partial charge in [0.1, 0.15) is 12.2 Å². The van der Waals surface area contributed by atoms with Gasteiger partial charge in [-0.3, -0.25) is 0 Å². The molecule has 3 N–H and O–H groups in total. The van der Waals surface area contributed by atoms with Crippen LogP contribution in [-0.4, -0.2) is 70.5 Å². The number of ether oxygens (including phenoxy) is 4. The summed E-state index contributed by atoms with van der Waals surface area (Å²) >= 11 is 0. The first-order valence-corrected chi connectivity index (χ1v) is 5.11. The lowest BCUT2D eigenvalue weighted by Crippen LogP contribution is -2.52. The number of aliphatic carboxylic acids is 1. The summed E-state index contributed by atoms with van der Waals surface area (Å²) in [6.07, 6.45) is -3.05. The van der Waals surface area contributed by atoms with Gasteiger partial charge in [-0.2, -0.15) is 0 Å².